The van der Waals surface area contributed by atoms with Gasteiger partial charge in [0.1, 0.15) is 11.6 Å². The maximum Gasteiger partial charge on any atom is 0.242 e. The number of pyridine rings is 1. The molecule has 1 fully saturated rings. The van der Waals surface area contributed by atoms with Crippen LogP contribution in [0, 0.1) is 0 Å². The van der Waals surface area contributed by atoms with Gasteiger partial charge < -0.3 is 20.3 Å². The molecule has 2 N–H and O–H groups in total. The predicted molar refractivity (Wildman–Crippen MR) is 94.3 cm³/mol. The number of piperazine rings is 1. The zero-order valence-electron chi connectivity index (χ0n) is 14.1. The summed E-state index contributed by atoms with van der Waals surface area (Å²) < 4.78 is 5.23. The summed E-state index contributed by atoms with van der Waals surface area (Å²) in [4.78, 5) is 20.9. The Labute approximate surface area is 144 Å². The molecule has 1 unspecified atom stereocenters. The van der Waals surface area contributed by atoms with Gasteiger partial charge in [-0.2, -0.15) is 0 Å². The molecule has 130 valence electrons. The van der Waals surface area contributed by atoms with Gasteiger partial charge in [-0.05, 0) is 19.4 Å². The highest BCUT2D eigenvalue weighted by Gasteiger charge is 2.33. The van der Waals surface area contributed by atoms with E-state index in [-0.39, 0.29) is 18.3 Å². The fourth-order valence-electron chi connectivity index (χ4n) is 2.83. The second-order valence-electron chi connectivity index (χ2n) is 6.00. The number of carbonyl (C=O) groups is 1. The lowest BCUT2D eigenvalue weighted by Crippen LogP contribution is -2.58. The van der Waals surface area contributed by atoms with Crippen LogP contribution in [-0.2, 0) is 4.79 Å². The van der Waals surface area contributed by atoms with Gasteiger partial charge in [0.2, 0.25) is 5.91 Å². The van der Waals surface area contributed by atoms with Gasteiger partial charge in [-0.25, -0.2) is 4.98 Å². The van der Waals surface area contributed by atoms with Crippen LogP contribution in [0.25, 0.3) is 0 Å². The highest BCUT2D eigenvalue weighted by atomic mass is 35.5. The number of rotatable bonds is 5. The summed E-state index contributed by atoms with van der Waals surface area (Å²) >= 11 is 0. The average Bonchev–Trinajstić information content (AvgIpc) is 2.54. The van der Waals surface area contributed by atoms with E-state index < -0.39 is 5.54 Å². The molecular formula is C16H27ClN4O2. The lowest BCUT2D eigenvalue weighted by atomic mass is 9.95. The smallest absolute Gasteiger partial charge is 0.242 e. The van der Waals surface area contributed by atoms with Gasteiger partial charge in [0, 0.05) is 38.4 Å². The lowest BCUT2D eigenvalue weighted by molar-refractivity contribution is -0.137. The van der Waals surface area contributed by atoms with Crippen molar-refractivity contribution in [2.45, 2.75) is 32.2 Å². The third-order valence-corrected chi connectivity index (χ3v) is 4.10. The van der Waals surface area contributed by atoms with Crippen LogP contribution in [0.2, 0.25) is 0 Å². The van der Waals surface area contributed by atoms with Gasteiger partial charge in [-0.3, -0.25) is 4.79 Å². The fourth-order valence-corrected chi connectivity index (χ4v) is 2.83. The van der Waals surface area contributed by atoms with Gasteiger partial charge in [-0.15, -0.1) is 12.4 Å². The fraction of sp³-hybridized carbons (Fsp3) is 0.625. The molecule has 1 amide bonds. The lowest BCUT2D eigenvalue weighted by Gasteiger charge is -2.39. The molecule has 1 aliphatic heterocycles. The number of halogens is 1. The van der Waals surface area contributed by atoms with E-state index in [2.05, 4.69) is 9.88 Å². The van der Waals surface area contributed by atoms with Crippen molar-refractivity contribution >= 4 is 24.1 Å². The molecular weight excluding hydrogens is 316 g/mol. The van der Waals surface area contributed by atoms with Crippen LogP contribution < -0.4 is 15.4 Å². The van der Waals surface area contributed by atoms with Crippen LogP contribution >= 0.6 is 12.4 Å². The van der Waals surface area contributed by atoms with E-state index >= 15 is 0 Å². The van der Waals surface area contributed by atoms with Gasteiger partial charge in [0.25, 0.3) is 0 Å². The maximum atomic E-state index is 12.5. The third kappa shape index (κ3) is 4.72. The molecule has 0 aliphatic carbocycles. The number of hydrogen-bond donors (Lipinski definition) is 1. The maximum absolute atomic E-state index is 12.5. The van der Waals surface area contributed by atoms with E-state index in [1.54, 1.807) is 13.3 Å². The first-order chi connectivity index (χ1) is 10.5. The van der Waals surface area contributed by atoms with Crippen LogP contribution in [0.5, 0.6) is 5.75 Å². The zero-order valence-corrected chi connectivity index (χ0v) is 14.9. The highest BCUT2D eigenvalue weighted by Crippen LogP contribution is 2.20. The molecule has 0 spiro atoms. The average molecular weight is 343 g/mol. The van der Waals surface area contributed by atoms with Gasteiger partial charge in [-0.1, -0.05) is 13.3 Å². The first kappa shape index (κ1) is 19.5. The van der Waals surface area contributed by atoms with E-state index in [1.807, 2.05) is 30.9 Å². The molecule has 6 nitrogen and oxygen atoms in total. The third-order valence-electron chi connectivity index (χ3n) is 4.10. The Kier molecular flexibility index (Phi) is 7.09. The van der Waals surface area contributed by atoms with E-state index in [0.29, 0.717) is 19.5 Å². The number of nitrogens with zero attached hydrogens (tertiary/aromatic N) is 3. The molecule has 0 aromatic carbocycles. The van der Waals surface area contributed by atoms with E-state index in [1.165, 1.54) is 0 Å². The van der Waals surface area contributed by atoms with Crippen molar-refractivity contribution < 1.29 is 9.53 Å². The van der Waals surface area contributed by atoms with Crippen LogP contribution in [0.3, 0.4) is 0 Å². The van der Waals surface area contributed by atoms with E-state index in [0.717, 1.165) is 31.1 Å². The van der Waals surface area contributed by atoms with Crippen molar-refractivity contribution in [2.75, 3.05) is 38.2 Å². The quantitative estimate of drug-likeness (QED) is 0.881. The first-order valence-electron chi connectivity index (χ1n) is 7.81. The SMILES string of the molecule is CCCC(C)(N)C(=O)N1CCN(c2cc(OC)ccn2)CC1.Cl. The molecule has 0 saturated carbocycles. The summed E-state index contributed by atoms with van der Waals surface area (Å²) in [7, 11) is 1.64. The van der Waals surface area contributed by atoms with Crippen molar-refractivity contribution in [1.82, 2.24) is 9.88 Å². The molecule has 23 heavy (non-hydrogen) atoms. The van der Waals surface area contributed by atoms with E-state index in [4.69, 9.17) is 10.5 Å². The molecule has 1 aromatic rings. The minimum absolute atomic E-state index is 0. The monoisotopic (exact) mass is 342 g/mol. The van der Waals surface area contributed by atoms with Crippen LogP contribution in [0.1, 0.15) is 26.7 Å². The molecule has 1 aliphatic rings. The number of hydrogen-bond acceptors (Lipinski definition) is 5. The summed E-state index contributed by atoms with van der Waals surface area (Å²) in [5.41, 5.74) is 5.39. The normalized spacial score (nSPS) is 17.2. The number of amides is 1. The largest absolute Gasteiger partial charge is 0.497 e. The second kappa shape index (κ2) is 8.36. The Morgan fingerprint density at radius 3 is 2.61 bits per heavy atom. The Morgan fingerprint density at radius 2 is 2.04 bits per heavy atom. The Balaban J connectivity index is 0.00000264. The first-order valence-corrected chi connectivity index (χ1v) is 7.81. The summed E-state index contributed by atoms with van der Waals surface area (Å²) in [6, 6.07) is 3.75. The number of aromatic nitrogens is 1. The topological polar surface area (TPSA) is 71.7 Å². The van der Waals surface area contributed by atoms with Crippen LogP contribution in [-0.4, -0.2) is 54.6 Å². The van der Waals surface area contributed by atoms with Crippen LogP contribution in [0.15, 0.2) is 18.3 Å². The zero-order chi connectivity index (χ0) is 16.2. The van der Waals surface area contributed by atoms with Crippen molar-refractivity contribution in [1.29, 1.82) is 0 Å². The van der Waals surface area contributed by atoms with E-state index in [9.17, 15) is 4.79 Å². The molecule has 0 radical (unpaired) electrons. The second-order valence-corrected chi connectivity index (χ2v) is 6.00. The molecule has 1 atom stereocenters. The van der Waals surface area contributed by atoms with Crippen LogP contribution in [0.4, 0.5) is 5.82 Å². The Morgan fingerprint density at radius 1 is 1.39 bits per heavy atom. The molecule has 0 bridgehead atoms. The van der Waals surface area contributed by atoms with Crippen molar-refractivity contribution in [2.24, 2.45) is 5.73 Å². The van der Waals surface area contributed by atoms with Gasteiger partial charge in [0.05, 0.1) is 12.6 Å². The van der Waals surface area contributed by atoms with Gasteiger partial charge in [0.15, 0.2) is 0 Å². The number of methoxy groups -OCH3 is 1. The number of anilines is 1. The number of carbonyl (C=O) groups excluding carboxylic acids is 1. The summed E-state index contributed by atoms with van der Waals surface area (Å²) in [6.45, 7) is 6.74. The Bertz CT molecular complexity index is 517. The molecule has 1 saturated heterocycles. The van der Waals surface area contributed by atoms with Crippen molar-refractivity contribution in [3.63, 3.8) is 0 Å². The molecule has 2 rings (SSSR count). The Hall–Kier alpha value is -1.53. The molecule has 1 aromatic heterocycles. The van der Waals surface area contributed by atoms with Gasteiger partial charge >= 0.3 is 0 Å². The van der Waals surface area contributed by atoms with Crippen molar-refractivity contribution in [3.05, 3.63) is 18.3 Å². The minimum atomic E-state index is -0.759. The predicted octanol–water partition coefficient (Wildman–Crippen LogP) is 1.68. The number of nitrogens with two attached hydrogens (primary N) is 1. The van der Waals surface area contributed by atoms with Crippen molar-refractivity contribution in [3.8, 4) is 5.75 Å². The number of ether oxygens (including phenoxy) is 1. The summed E-state index contributed by atoms with van der Waals surface area (Å²) in [6.07, 6.45) is 3.36. The summed E-state index contributed by atoms with van der Waals surface area (Å²) in [5.74, 6) is 1.73. The minimum Gasteiger partial charge on any atom is -0.497 e. The standard InChI is InChI=1S/C16H26N4O2.ClH/c1-4-6-16(2,17)15(21)20-10-8-19(9-11-20)14-12-13(22-3)5-7-18-14;/h5,7,12H,4,6,8-11,17H2,1-3H3;1H. The summed E-state index contributed by atoms with van der Waals surface area (Å²) in [5, 5.41) is 0. The molecule has 7 heteroatoms. The molecule has 2 heterocycles. The highest BCUT2D eigenvalue weighted by molar-refractivity contribution is 5.86.